The van der Waals surface area contributed by atoms with Gasteiger partial charge < -0.3 is 15.5 Å². The number of carbonyl (C=O) groups excluding carboxylic acids is 2. The molecule has 2 amide bonds. The first-order valence-electron chi connectivity index (χ1n) is 10.5. The van der Waals surface area contributed by atoms with Crippen molar-refractivity contribution in [3.8, 4) is 0 Å². The summed E-state index contributed by atoms with van der Waals surface area (Å²) in [5.41, 5.74) is 3.09. The Morgan fingerprint density at radius 3 is 2.66 bits per heavy atom. The first kappa shape index (κ1) is 23.8. The predicted molar refractivity (Wildman–Crippen MR) is 131 cm³/mol. The van der Waals surface area contributed by atoms with Crippen LogP contribution in [0.5, 0.6) is 0 Å². The average Bonchev–Trinajstić information content (AvgIpc) is 3.24. The molecule has 0 aliphatic heterocycles. The highest BCUT2D eigenvalue weighted by Crippen LogP contribution is 2.26. The molecule has 1 atom stereocenters. The van der Waals surface area contributed by atoms with Crippen LogP contribution in [-0.4, -0.2) is 34.3 Å². The Hall–Kier alpha value is -2.90. The van der Waals surface area contributed by atoms with E-state index in [1.54, 1.807) is 5.38 Å². The number of anilines is 2. The molecule has 1 unspecified atom stereocenters. The quantitative estimate of drug-likeness (QED) is 0.438. The fourth-order valence-corrected chi connectivity index (χ4v) is 3.90. The lowest BCUT2D eigenvalue weighted by Gasteiger charge is -2.22. The zero-order valence-corrected chi connectivity index (χ0v) is 20.0. The number of nitrogens with one attached hydrogen (secondary N) is 2. The van der Waals surface area contributed by atoms with Crippen molar-refractivity contribution in [3.63, 3.8) is 0 Å². The highest BCUT2D eigenvalue weighted by molar-refractivity contribution is 7.14. The monoisotopic (exact) mass is 470 g/mol. The summed E-state index contributed by atoms with van der Waals surface area (Å²) < 4.78 is 0. The second kappa shape index (κ2) is 11.1. The fourth-order valence-electron chi connectivity index (χ4n) is 3.03. The molecular formula is C24H27ClN4O2S. The van der Waals surface area contributed by atoms with E-state index in [0.717, 1.165) is 23.2 Å². The standard InChI is InChI=1S/C24H27ClN4O2S/c1-4-17(3)26-22(30)14-29(13-18-8-6-5-7-9-18)23(31)21-15-32-24(28-21)27-20-12-19(25)11-10-16(20)2/h5-12,15,17H,4,13-14H2,1-3H3,(H,26,30)(H,27,28). The van der Waals surface area contributed by atoms with Gasteiger partial charge >= 0.3 is 0 Å². The number of hydrogen-bond donors (Lipinski definition) is 2. The summed E-state index contributed by atoms with van der Waals surface area (Å²) in [5.74, 6) is -0.480. The first-order valence-corrected chi connectivity index (χ1v) is 11.7. The van der Waals surface area contributed by atoms with Crippen molar-refractivity contribution in [2.24, 2.45) is 0 Å². The van der Waals surface area contributed by atoms with Gasteiger partial charge in [0.2, 0.25) is 5.91 Å². The van der Waals surface area contributed by atoms with E-state index < -0.39 is 0 Å². The average molecular weight is 471 g/mol. The van der Waals surface area contributed by atoms with Crippen LogP contribution in [0.15, 0.2) is 53.9 Å². The highest BCUT2D eigenvalue weighted by atomic mass is 35.5. The summed E-state index contributed by atoms with van der Waals surface area (Å²) in [6.45, 7) is 6.20. The van der Waals surface area contributed by atoms with Crippen molar-refractivity contribution in [2.45, 2.75) is 39.8 Å². The number of halogens is 1. The van der Waals surface area contributed by atoms with Crippen LogP contribution in [0, 0.1) is 6.92 Å². The summed E-state index contributed by atoms with van der Waals surface area (Å²) in [7, 11) is 0. The zero-order chi connectivity index (χ0) is 23.1. The third kappa shape index (κ3) is 6.55. The Balaban J connectivity index is 1.77. The minimum absolute atomic E-state index is 0.0360. The maximum Gasteiger partial charge on any atom is 0.274 e. The molecule has 3 aromatic rings. The molecule has 1 heterocycles. The van der Waals surface area contributed by atoms with Crippen LogP contribution < -0.4 is 10.6 Å². The Bertz CT molecular complexity index is 1070. The molecule has 2 aromatic carbocycles. The molecule has 0 saturated heterocycles. The molecule has 3 rings (SSSR count). The number of benzene rings is 2. The third-order valence-electron chi connectivity index (χ3n) is 5.02. The SMILES string of the molecule is CCC(C)NC(=O)CN(Cc1ccccc1)C(=O)c1csc(Nc2cc(Cl)ccc2C)n1. The van der Waals surface area contributed by atoms with Crippen molar-refractivity contribution in [1.29, 1.82) is 0 Å². The van der Waals surface area contributed by atoms with Gasteiger partial charge in [0.1, 0.15) is 12.2 Å². The number of carbonyl (C=O) groups is 2. The molecular weight excluding hydrogens is 444 g/mol. The maximum atomic E-state index is 13.3. The summed E-state index contributed by atoms with van der Waals surface area (Å²) in [5, 5.41) is 9.06. The highest BCUT2D eigenvalue weighted by Gasteiger charge is 2.22. The molecule has 0 spiro atoms. The van der Waals surface area contributed by atoms with Gasteiger partial charge in [0.15, 0.2) is 5.13 Å². The smallest absolute Gasteiger partial charge is 0.274 e. The van der Waals surface area contributed by atoms with Gasteiger partial charge in [-0.05, 0) is 43.5 Å². The zero-order valence-electron chi connectivity index (χ0n) is 18.4. The van der Waals surface area contributed by atoms with Crippen LogP contribution in [0.4, 0.5) is 10.8 Å². The molecule has 0 fully saturated rings. The van der Waals surface area contributed by atoms with E-state index in [2.05, 4.69) is 15.6 Å². The van der Waals surface area contributed by atoms with Crippen LogP contribution in [0.3, 0.4) is 0 Å². The van der Waals surface area contributed by atoms with Gasteiger partial charge in [-0.3, -0.25) is 9.59 Å². The summed E-state index contributed by atoms with van der Waals surface area (Å²) in [4.78, 5) is 31.8. The van der Waals surface area contributed by atoms with Crippen LogP contribution in [0.25, 0.3) is 0 Å². The minimum atomic E-state index is -0.291. The van der Waals surface area contributed by atoms with E-state index in [-0.39, 0.29) is 24.4 Å². The molecule has 0 saturated carbocycles. The van der Waals surface area contributed by atoms with E-state index >= 15 is 0 Å². The van der Waals surface area contributed by atoms with Crippen molar-refractivity contribution in [3.05, 3.63) is 75.8 Å². The number of rotatable bonds is 9. The van der Waals surface area contributed by atoms with Crippen molar-refractivity contribution in [1.82, 2.24) is 15.2 Å². The van der Waals surface area contributed by atoms with Crippen molar-refractivity contribution < 1.29 is 9.59 Å². The number of amides is 2. The number of hydrogen-bond acceptors (Lipinski definition) is 5. The van der Waals surface area contributed by atoms with Crippen LogP contribution in [0.2, 0.25) is 5.02 Å². The van der Waals surface area contributed by atoms with E-state index in [0.29, 0.717) is 22.4 Å². The summed E-state index contributed by atoms with van der Waals surface area (Å²) in [6, 6.07) is 15.2. The van der Waals surface area contributed by atoms with Crippen LogP contribution in [-0.2, 0) is 11.3 Å². The number of aryl methyl sites for hydroxylation is 1. The molecule has 0 aliphatic carbocycles. The van der Waals surface area contributed by atoms with Crippen molar-refractivity contribution in [2.75, 3.05) is 11.9 Å². The second-order valence-electron chi connectivity index (χ2n) is 7.65. The minimum Gasteiger partial charge on any atom is -0.352 e. The van der Waals surface area contributed by atoms with Crippen LogP contribution >= 0.6 is 22.9 Å². The second-order valence-corrected chi connectivity index (χ2v) is 8.94. The Labute approximate surface area is 197 Å². The van der Waals surface area contributed by atoms with E-state index in [9.17, 15) is 9.59 Å². The lowest BCUT2D eigenvalue weighted by atomic mass is 10.2. The van der Waals surface area contributed by atoms with Gasteiger partial charge in [0, 0.05) is 28.7 Å². The molecule has 32 heavy (non-hydrogen) atoms. The number of thiazole rings is 1. The van der Waals surface area contributed by atoms with E-state index in [4.69, 9.17) is 11.6 Å². The topological polar surface area (TPSA) is 74.3 Å². The van der Waals surface area contributed by atoms with Crippen LogP contribution in [0.1, 0.15) is 41.9 Å². The molecule has 2 N–H and O–H groups in total. The Morgan fingerprint density at radius 1 is 1.19 bits per heavy atom. The van der Waals surface area contributed by atoms with Gasteiger partial charge in [-0.15, -0.1) is 11.3 Å². The summed E-state index contributed by atoms with van der Waals surface area (Å²) in [6.07, 6.45) is 0.822. The normalized spacial score (nSPS) is 11.6. The molecule has 168 valence electrons. The molecule has 0 radical (unpaired) electrons. The van der Waals surface area contributed by atoms with Gasteiger partial charge in [0.25, 0.3) is 5.91 Å². The molecule has 0 bridgehead atoms. The Kier molecular flexibility index (Phi) is 8.25. The lowest BCUT2D eigenvalue weighted by Crippen LogP contribution is -2.43. The summed E-state index contributed by atoms with van der Waals surface area (Å²) >= 11 is 7.43. The molecule has 6 nitrogen and oxygen atoms in total. The maximum absolute atomic E-state index is 13.3. The molecule has 1 aromatic heterocycles. The van der Waals surface area contributed by atoms with E-state index in [1.165, 1.54) is 16.2 Å². The number of nitrogens with zero attached hydrogens (tertiary/aromatic N) is 2. The van der Waals surface area contributed by atoms with Gasteiger partial charge in [-0.25, -0.2) is 4.98 Å². The Morgan fingerprint density at radius 2 is 1.94 bits per heavy atom. The first-order chi connectivity index (χ1) is 15.4. The predicted octanol–water partition coefficient (Wildman–Crippen LogP) is 5.41. The third-order valence-corrected chi connectivity index (χ3v) is 6.02. The largest absolute Gasteiger partial charge is 0.352 e. The fraction of sp³-hybridized carbons (Fsp3) is 0.292. The van der Waals surface area contributed by atoms with Crippen molar-refractivity contribution >= 4 is 45.6 Å². The van der Waals surface area contributed by atoms with Gasteiger partial charge in [-0.1, -0.05) is 54.9 Å². The van der Waals surface area contributed by atoms with Gasteiger partial charge in [0.05, 0.1) is 0 Å². The van der Waals surface area contributed by atoms with Gasteiger partial charge in [-0.2, -0.15) is 0 Å². The molecule has 0 aliphatic rings. The number of aromatic nitrogens is 1. The lowest BCUT2D eigenvalue weighted by molar-refractivity contribution is -0.122. The van der Waals surface area contributed by atoms with E-state index in [1.807, 2.05) is 69.3 Å². The molecule has 8 heteroatoms.